The first-order valence-corrected chi connectivity index (χ1v) is 5.12. The highest BCUT2D eigenvalue weighted by Gasteiger charge is 2.01. The number of aromatic nitrogens is 1. The van der Waals surface area contributed by atoms with Gasteiger partial charge in [0.05, 0.1) is 10.2 Å². The van der Waals surface area contributed by atoms with E-state index in [1.165, 1.54) is 0 Å². The van der Waals surface area contributed by atoms with Crippen molar-refractivity contribution in [1.82, 2.24) is 4.98 Å². The summed E-state index contributed by atoms with van der Waals surface area (Å²) in [6.45, 7) is 2.87. The second-order valence-electron chi connectivity index (χ2n) is 2.90. The van der Waals surface area contributed by atoms with Crippen LogP contribution in [0, 0.1) is 0 Å². The van der Waals surface area contributed by atoms with E-state index in [1.54, 1.807) is 12.4 Å². The summed E-state index contributed by atoms with van der Waals surface area (Å²) in [5, 5.41) is 3.25. The summed E-state index contributed by atoms with van der Waals surface area (Å²) >= 11 is 3.40. The van der Waals surface area contributed by atoms with Crippen LogP contribution in [-0.2, 0) is 0 Å². The molecule has 3 nitrogen and oxygen atoms in total. The van der Waals surface area contributed by atoms with Crippen molar-refractivity contribution in [2.45, 2.75) is 19.4 Å². The molecule has 0 aliphatic heterocycles. The van der Waals surface area contributed by atoms with Crippen LogP contribution in [0.2, 0.25) is 0 Å². The molecule has 13 heavy (non-hydrogen) atoms. The van der Waals surface area contributed by atoms with Gasteiger partial charge in [-0.1, -0.05) is 6.92 Å². The van der Waals surface area contributed by atoms with Gasteiger partial charge in [0, 0.05) is 25.0 Å². The molecule has 1 unspecified atom stereocenters. The molecule has 0 aliphatic carbocycles. The van der Waals surface area contributed by atoms with Gasteiger partial charge in [-0.15, -0.1) is 0 Å². The van der Waals surface area contributed by atoms with Crippen LogP contribution in [0.3, 0.4) is 0 Å². The average molecular weight is 244 g/mol. The SMILES string of the molecule is CCC(N)CNc1ccncc1Br. The number of pyridine rings is 1. The molecular weight excluding hydrogens is 230 g/mol. The molecule has 1 heterocycles. The fraction of sp³-hybridized carbons (Fsp3) is 0.444. The normalized spacial score (nSPS) is 12.5. The predicted octanol–water partition coefficient (Wildman–Crippen LogP) is 1.99. The number of hydrogen-bond acceptors (Lipinski definition) is 3. The zero-order valence-electron chi connectivity index (χ0n) is 7.63. The predicted molar refractivity (Wildman–Crippen MR) is 58.7 cm³/mol. The Bertz CT molecular complexity index is 265. The lowest BCUT2D eigenvalue weighted by Crippen LogP contribution is -2.28. The van der Waals surface area contributed by atoms with E-state index < -0.39 is 0 Å². The molecular formula is C9H14BrN3. The number of nitrogens with zero attached hydrogens (tertiary/aromatic N) is 1. The summed E-state index contributed by atoms with van der Waals surface area (Å²) in [5.41, 5.74) is 6.82. The van der Waals surface area contributed by atoms with Crippen LogP contribution in [0.5, 0.6) is 0 Å². The number of anilines is 1. The maximum absolute atomic E-state index is 5.78. The molecule has 0 bridgehead atoms. The first kappa shape index (κ1) is 10.5. The molecule has 1 aromatic rings. The molecule has 0 aliphatic rings. The van der Waals surface area contributed by atoms with Gasteiger partial charge >= 0.3 is 0 Å². The Morgan fingerprint density at radius 2 is 2.46 bits per heavy atom. The number of halogens is 1. The third-order valence-corrected chi connectivity index (χ3v) is 2.48. The first-order valence-electron chi connectivity index (χ1n) is 4.33. The van der Waals surface area contributed by atoms with Crippen LogP contribution >= 0.6 is 15.9 Å². The third-order valence-electron chi connectivity index (χ3n) is 1.85. The van der Waals surface area contributed by atoms with Gasteiger partial charge in [-0.05, 0) is 28.4 Å². The summed E-state index contributed by atoms with van der Waals surface area (Å²) in [4.78, 5) is 3.97. The zero-order chi connectivity index (χ0) is 9.68. The van der Waals surface area contributed by atoms with Crippen LogP contribution in [-0.4, -0.2) is 17.6 Å². The zero-order valence-corrected chi connectivity index (χ0v) is 9.21. The van der Waals surface area contributed by atoms with Crippen LogP contribution < -0.4 is 11.1 Å². The lowest BCUT2D eigenvalue weighted by Gasteiger charge is -2.12. The van der Waals surface area contributed by atoms with E-state index in [4.69, 9.17) is 5.73 Å². The summed E-state index contributed by atoms with van der Waals surface area (Å²) < 4.78 is 0.971. The maximum Gasteiger partial charge on any atom is 0.0590 e. The molecule has 0 saturated carbocycles. The van der Waals surface area contributed by atoms with E-state index in [2.05, 4.69) is 33.2 Å². The molecule has 0 amide bonds. The third kappa shape index (κ3) is 3.32. The van der Waals surface area contributed by atoms with Crippen LogP contribution in [0.4, 0.5) is 5.69 Å². The van der Waals surface area contributed by atoms with Crippen LogP contribution in [0.25, 0.3) is 0 Å². The monoisotopic (exact) mass is 243 g/mol. The second kappa shape index (κ2) is 5.19. The van der Waals surface area contributed by atoms with Gasteiger partial charge in [0.2, 0.25) is 0 Å². The van der Waals surface area contributed by atoms with Crippen molar-refractivity contribution < 1.29 is 0 Å². The minimum atomic E-state index is 0.208. The van der Waals surface area contributed by atoms with Gasteiger partial charge in [-0.2, -0.15) is 0 Å². The molecule has 0 radical (unpaired) electrons. The van der Waals surface area contributed by atoms with Crippen molar-refractivity contribution in [2.24, 2.45) is 5.73 Å². The van der Waals surface area contributed by atoms with Crippen molar-refractivity contribution in [2.75, 3.05) is 11.9 Å². The fourth-order valence-electron chi connectivity index (χ4n) is 0.904. The molecule has 0 spiro atoms. The highest BCUT2D eigenvalue weighted by Crippen LogP contribution is 2.19. The molecule has 72 valence electrons. The summed E-state index contributed by atoms with van der Waals surface area (Å²) in [6.07, 6.45) is 4.50. The van der Waals surface area contributed by atoms with E-state index >= 15 is 0 Å². The van der Waals surface area contributed by atoms with Crippen molar-refractivity contribution >= 4 is 21.6 Å². The van der Waals surface area contributed by atoms with Crippen LogP contribution in [0.1, 0.15) is 13.3 Å². The first-order chi connectivity index (χ1) is 6.24. The summed E-state index contributed by atoms with van der Waals surface area (Å²) in [6, 6.07) is 2.13. The lowest BCUT2D eigenvalue weighted by molar-refractivity contribution is 0.679. The summed E-state index contributed by atoms with van der Waals surface area (Å²) in [7, 11) is 0. The highest BCUT2D eigenvalue weighted by atomic mass is 79.9. The Labute approximate surface area is 86.9 Å². The Kier molecular flexibility index (Phi) is 4.18. The number of nitrogens with two attached hydrogens (primary N) is 1. The molecule has 0 fully saturated rings. The van der Waals surface area contributed by atoms with Gasteiger partial charge in [-0.25, -0.2) is 0 Å². The molecule has 3 N–H and O–H groups in total. The molecule has 1 atom stereocenters. The number of rotatable bonds is 4. The van der Waals surface area contributed by atoms with Gasteiger partial charge in [-0.3, -0.25) is 4.98 Å². The minimum absolute atomic E-state index is 0.208. The van der Waals surface area contributed by atoms with E-state index in [0.717, 1.165) is 23.1 Å². The summed E-state index contributed by atoms with van der Waals surface area (Å²) in [5.74, 6) is 0. The maximum atomic E-state index is 5.78. The van der Waals surface area contributed by atoms with Crippen LogP contribution in [0.15, 0.2) is 22.9 Å². The van der Waals surface area contributed by atoms with Crippen molar-refractivity contribution in [3.05, 3.63) is 22.9 Å². The largest absolute Gasteiger partial charge is 0.382 e. The van der Waals surface area contributed by atoms with Gasteiger partial charge in [0.1, 0.15) is 0 Å². The quantitative estimate of drug-likeness (QED) is 0.851. The molecule has 4 heteroatoms. The smallest absolute Gasteiger partial charge is 0.0590 e. The van der Waals surface area contributed by atoms with Gasteiger partial charge in [0.25, 0.3) is 0 Å². The Morgan fingerprint density at radius 3 is 3.08 bits per heavy atom. The molecule has 1 aromatic heterocycles. The Balaban J connectivity index is 2.50. The lowest BCUT2D eigenvalue weighted by atomic mass is 10.2. The minimum Gasteiger partial charge on any atom is -0.382 e. The van der Waals surface area contributed by atoms with Gasteiger partial charge < -0.3 is 11.1 Å². The van der Waals surface area contributed by atoms with E-state index in [-0.39, 0.29) is 6.04 Å². The Morgan fingerprint density at radius 1 is 1.69 bits per heavy atom. The molecule has 0 aromatic carbocycles. The van der Waals surface area contributed by atoms with Crippen molar-refractivity contribution in [3.8, 4) is 0 Å². The topological polar surface area (TPSA) is 50.9 Å². The van der Waals surface area contributed by atoms with Gasteiger partial charge in [0.15, 0.2) is 0 Å². The molecule has 1 rings (SSSR count). The van der Waals surface area contributed by atoms with E-state index in [9.17, 15) is 0 Å². The second-order valence-corrected chi connectivity index (χ2v) is 3.76. The standard InChI is InChI=1S/C9H14BrN3/c1-2-7(11)5-13-9-3-4-12-6-8(9)10/h3-4,6-7H,2,5,11H2,1H3,(H,12,13). The average Bonchev–Trinajstić information content (AvgIpc) is 2.16. The molecule has 0 saturated heterocycles. The van der Waals surface area contributed by atoms with E-state index in [1.807, 2.05) is 6.07 Å². The number of hydrogen-bond donors (Lipinski definition) is 2. The fourth-order valence-corrected chi connectivity index (χ4v) is 1.29. The highest BCUT2D eigenvalue weighted by molar-refractivity contribution is 9.10. The Hall–Kier alpha value is -0.610. The van der Waals surface area contributed by atoms with E-state index in [0.29, 0.717) is 0 Å². The van der Waals surface area contributed by atoms with Crippen molar-refractivity contribution in [1.29, 1.82) is 0 Å². The van der Waals surface area contributed by atoms with Crippen molar-refractivity contribution in [3.63, 3.8) is 0 Å². The number of nitrogens with one attached hydrogen (secondary N) is 1.